The van der Waals surface area contributed by atoms with E-state index in [4.69, 9.17) is 5.14 Å². The maximum Gasteiger partial charge on any atom is 0.249 e. The summed E-state index contributed by atoms with van der Waals surface area (Å²) < 4.78 is 22.7. The maximum absolute atomic E-state index is 11.3. The van der Waals surface area contributed by atoms with Crippen molar-refractivity contribution in [3.05, 3.63) is 23.1 Å². The molecule has 0 fully saturated rings. The number of nitrogens with one attached hydrogen (secondary N) is 2. The van der Waals surface area contributed by atoms with Crippen molar-refractivity contribution in [2.75, 3.05) is 5.32 Å². The number of sulfonamides is 1. The third-order valence-electron chi connectivity index (χ3n) is 2.62. The van der Waals surface area contributed by atoms with Gasteiger partial charge in [-0.15, -0.1) is 0 Å². The molecule has 0 unspecified atom stereocenters. The fourth-order valence-electron chi connectivity index (χ4n) is 1.68. The number of nitrogens with zero attached hydrogens (tertiary/aromatic N) is 2. The number of hydrogen-bond acceptors (Lipinski definition) is 6. The molecule has 2 aromatic rings. The second-order valence-corrected chi connectivity index (χ2v) is 6.77. The molecule has 2 heterocycles. The molecule has 4 N–H and O–H groups in total. The molecule has 0 aliphatic rings. The monoisotopic (exact) mass is 301 g/mol. The minimum atomic E-state index is -3.70. The molecule has 2 aromatic heterocycles. The summed E-state index contributed by atoms with van der Waals surface area (Å²) in [7, 11) is -3.70. The zero-order chi connectivity index (χ0) is 14.0. The van der Waals surface area contributed by atoms with Crippen molar-refractivity contribution in [2.45, 2.75) is 31.0 Å². The zero-order valence-electron chi connectivity index (χ0n) is 10.6. The van der Waals surface area contributed by atoms with Crippen LogP contribution >= 0.6 is 11.3 Å². The van der Waals surface area contributed by atoms with Crippen LogP contribution in [0, 0.1) is 6.92 Å². The molecule has 0 aliphatic carbocycles. The lowest BCUT2D eigenvalue weighted by atomic mass is 10.2. The van der Waals surface area contributed by atoms with Gasteiger partial charge >= 0.3 is 0 Å². The van der Waals surface area contributed by atoms with Crippen LogP contribution in [0.25, 0.3) is 0 Å². The molecule has 0 aliphatic heterocycles. The minimum absolute atomic E-state index is 0.0929. The highest BCUT2D eigenvalue weighted by Crippen LogP contribution is 2.26. The van der Waals surface area contributed by atoms with Gasteiger partial charge in [0.25, 0.3) is 0 Å². The van der Waals surface area contributed by atoms with E-state index in [2.05, 4.69) is 20.5 Å². The average Bonchev–Trinajstić information content (AvgIpc) is 2.91. The van der Waals surface area contributed by atoms with Crippen LogP contribution in [-0.2, 0) is 23.0 Å². The number of rotatable bonds is 5. The van der Waals surface area contributed by atoms with E-state index in [0.29, 0.717) is 17.4 Å². The lowest BCUT2D eigenvalue weighted by molar-refractivity contribution is 0.599. The van der Waals surface area contributed by atoms with Crippen LogP contribution in [0.1, 0.15) is 23.9 Å². The van der Waals surface area contributed by atoms with Crippen molar-refractivity contribution < 1.29 is 8.42 Å². The first-order chi connectivity index (χ1) is 8.91. The number of hydrogen-bond donors (Lipinski definition) is 3. The Morgan fingerprint density at radius 3 is 2.84 bits per heavy atom. The first kappa shape index (κ1) is 14.0. The quantitative estimate of drug-likeness (QED) is 0.762. The lowest BCUT2D eigenvalue weighted by Gasteiger charge is -2.01. The molecule has 0 atom stereocenters. The number of H-pyrrole nitrogens is 1. The van der Waals surface area contributed by atoms with Gasteiger partial charge in [-0.25, -0.2) is 18.5 Å². The number of aromatic amines is 1. The predicted molar refractivity (Wildman–Crippen MR) is 73.5 cm³/mol. The van der Waals surface area contributed by atoms with Gasteiger partial charge in [0.1, 0.15) is 0 Å². The van der Waals surface area contributed by atoms with Crippen LogP contribution in [0.2, 0.25) is 0 Å². The van der Waals surface area contributed by atoms with Crippen molar-refractivity contribution in [1.29, 1.82) is 0 Å². The van der Waals surface area contributed by atoms with Gasteiger partial charge in [-0.3, -0.25) is 5.10 Å². The van der Waals surface area contributed by atoms with E-state index in [1.54, 1.807) is 13.1 Å². The molecule has 104 valence electrons. The zero-order valence-corrected chi connectivity index (χ0v) is 12.2. The van der Waals surface area contributed by atoms with E-state index in [1.165, 1.54) is 0 Å². The first-order valence-electron chi connectivity index (χ1n) is 5.67. The molecule has 7 nitrogen and oxygen atoms in total. The van der Waals surface area contributed by atoms with Crippen molar-refractivity contribution in [1.82, 2.24) is 15.2 Å². The van der Waals surface area contributed by atoms with Gasteiger partial charge in [-0.05, 0) is 18.9 Å². The third-order valence-corrected chi connectivity index (χ3v) is 5.29. The van der Waals surface area contributed by atoms with E-state index in [9.17, 15) is 8.42 Å². The smallest absolute Gasteiger partial charge is 0.249 e. The van der Waals surface area contributed by atoms with Crippen molar-refractivity contribution in [3.63, 3.8) is 0 Å². The summed E-state index contributed by atoms with van der Waals surface area (Å²) in [6, 6.07) is 0. The fraction of sp³-hybridized carbons (Fsp3) is 0.400. The van der Waals surface area contributed by atoms with Gasteiger partial charge < -0.3 is 5.32 Å². The highest BCUT2D eigenvalue weighted by Gasteiger charge is 2.17. The van der Waals surface area contributed by atoms with Crippen LogP contribution in [-0.4, -0.2) is 23.6 Å². The summed E-state index contributed by atoms with van der Waals surface area (Å²) in [4.78, 5) is 4.15. The summed E-state index contributed by atoms with van der Waals surface area (Å²) in [5, 5.41) is 15.6. The van der Waals surface area contributed by atoms with E-state index in [1.807, 2.05) is 6.92 Å². The summed E-state index contributed by atoms with van der Waals surface area (Å²) >= 11 is 1.03. The first-order valence-corrected chi connectivity index (χ1v) is 8.03. The molecule has 19 heavy (non-hydrogen) atoms. The molecule has 2 rings (SSSR count). The fourth-order valence-corrected chi connectivity index (χ4v) is 3.54. The molecule has 0 radical (unpaired) electrons. The van der Waals surface area contributed by atoms with Crippen LogP contribution < -0.4 is 10.5 Å². The number of nitrogens with two attached hydrogens (primary N) is 1. The van der Waals surface area contributed by atoms with E-state index in [0.717, 1.165) is 29.0 Å². The lowest BCUT2D eigenvalue weighted by Crippen LogP contribution is -2.11. The van der Waals surface area contributed by atoms with Gasteiger partial charge in [-0.2, -0.15) is 5.10 Å². The minimum Gasteiger partial charge on any atom is -0.356 e. The summed E-state index contributed by atoms with van der Waals surface area (Å²) in [6.07, 6.45) is 2.66. The van der Waals surface area contributed by atoms with E-state index in [-0.39, 0.29) is 4.21 Å². The Morgan fingerprint density at radius 1 is 1.53 bits per heavy atom. The SMILES string of the molecule is CCc1cn[nH]c1CNc1nc(C)c(S(N)(=O)=O)s1. The van der Waals surface area contributed by atoms with Gasteiger partial charge in [0.15, 0.2) is 9.34 Å². The number of thiazole rings is 1. The Balaban J connectivity index is 2.13. The molecule has 0 aromatic carbocycles. The summed E-state index contributed by atoms with van der Waals surface area (Å²) in [6.45, 7) is 4.18. The Labute approximate surface area is 115 Å². The molecular formula is C10H15N5O2S2. The Morgan fingerprint density at radius 2 is 2.26 bits per heavy atom. The number of aromatic nitrogens is 3. The van der Waals surface area contributed by atoms with Crippen molar-refractivity contribution in [2.24, 2.45) is 5.14 Å². The molecular weight excluding hydrogens is 286 g/mol. The van der Waals surface area contributed by atoms with Crippen LogP contribution in [0.3, 0.4) is 0 Å². The maximum atomic E-state index is 11.3. The second kappa shape index (κ2) is 5.27. The highest BCUT2D eigenvalue weighted by atomic mass is 32.2. The second-order valence-electron chi connectivity index (χ2n) is 4.02. The average molecular weight is 301 g/mol. The largest absolute Gasteiger partial charge is 0.356 e. The van der Waals surface area contributed by atoms with Crippen LogP contribution in [0.5, 0.6) is 0 Å². The highest BCUT2D eigenvalue weighted by molar-refractivity contribution is 7.91. The molecule has 0 bridgehead atoms. The normalized spacial score (nSPS) is 11.7. The van der Waals surface area contributed by atoms with Gasteiger partial charge in [0.2, 0.25) is 10.0 Å². The Kier molecular flexibility index (Phi) is 3.88. The van der Waals surface area contributed by atoms with Gasteiger partial charge in [-0.1, -0.05) is 18.3 Å². The number of anilines is 1. The predicted octanol–water partition coefficient (Wildman–Crippen LogP) is 0.997. The molecule has 9 heteroatoms. The molecule has 0 spiro atoms. The third kappa shape index (κ3) is 3.11. The summed E-state index contributed by atoms with van der Waals surface area (Å²) in [5.41, 5.74) is 2.50. The molecule has 0 saturated carbocycles. The van der Waals surface area contributed by atoms with E-state index < -0.39 is 10.0 Å². The molecule has 0 saturated heterocycles. The van der Waals surface area contributed by atoms with Crippen LogP contribution in [0.4, 0.5) is 5.13 Å². The Bertz CT molecular complexity index is 674. The number of primary sulfonamides is 1. The summed E-state index contributed by atoms with van der Waals surface area (Å²) in [5.74, 6) is 0. The van der Waals surface area contributed by atoms with Gasteiger partial charge in [0.05, 0.1) is 24.1 Å². The standard InChI is InChI=1S/C10H15N5O2S2/c1-3-7-4-13-15-8(7)5-12-10-14-6(2)9(18-10)19(11,16)17/h4H,3,5H2,1-2H3,(H,12,14)(H,13,15)(H2,11,16,17). The van der Waals surface area contributed by atoms with E-state index >= 15 is 0 Å². The topological polar surface area (TPSA) is 114 Å². The molecule has 0 amide bonds. The number of aryl methyl sites for hydroxylation is 2. The van der Waals surface area contributed by atoms with Gasteiger partial charge in [0, 0.05) is 0 Å². The Hall–Kier alpha value is -1.45. The van der Waals surface area contributed by atoms with Crippen molar-refractivity contribution >= 4 is 26.5 Å². The van der Waals surface area contributed by atoms with Crippen molar-refractivity contribution in [3.8, 4) is 0 Å². The van der Waals surface area contributed by atoms with Crippen LogP contribution in [0.15, 0.2) is 10.4 Å².